The summed E-state index contributed by atoms with van der Waals surface area (Å²) < 4.78 is 11.6. The molecule has 0 spiro atoms. The van der Waals surface area contributed by atoms with Gasteiger partial charge < -0.3 is 14.2 Å². The van der Waals surface area contributed by atoms with Gasteiger partial charge >= 0.3 is 0 Å². The Balaban J connectivity index is 3.82. The molecule has 0 aromatic rings. The Bertz CT molecular complexity index is 300. The standard InChI is InChI=1S/C16H37NO3Si2/c1-7-19-21(5,6)15-11-13-17-14-12-16(18)20-22(8-2,9-3)10-4/h17H,7-15H2,1-6H3. The molecule has 0 aliphatic rings. The second-order valence-corrected chi connectivity index (χ2v) is 15.5. The lowest BCUT2D eigenvalue weighted by Crippen LogP contribution is -2.39. The summed E-state index contributed by atoms with van der Waals surface area (Å²) in [5, 5.41) is 3.35. The highest BCUT2D eigenvalue weighted by Crippen LogP contribution is 2.22. The van der Waals surface area contributed by atoms with Crippen molar-refractivity contribution in [3.05, 3.63) is 0 Å². The molecule has 1 N–H and O–H groups in total. The second kappa shape index (κ2) is 11.4. The molecule has 0 saturated carbocycles. The first-order valence-electron chi connectivity index (χ1n) is 8.91. The van der Waals surface area contributed by atoms with Crippen molar-refractivity contribution in [1.29, 1.82) is 0 Å². The summed E-state index contributed by atoms with van der Waals surface area (Å²) in [4.78, 5) is 12.0. The molecule has 0 amide bonds. The first kappa shape index (κ1) is 21.8. The maximum absolute atomic E-state index is 12.0. The molecule has 0 aliphatic carbocycles. The van der Waals surface area contributed by atoms with Gasteiger partial charge in [-0.2, -0.15) is 0 Å². The second-order valence-electron chi connectivity index (χ2n) is 6.51. The summed E-state index contributed by atoms with van der Waals surface area (Å²) in [6.45, 7) is 15.5. The largest absolute Gasteiger partial charge is 0.519 e. The van der Waals surface area contributed by atoms with Gasteiger partial charge in [0.1, 0.15) is 0 Å². The van der Waals surface area contributed by atoms with Gasteiger partial charge in [0, 0.05) is 13.2 Å². The summed E-state index contributed by atoms with van der Waals surface area (Å²) in [6, 6.07) is 4.23. The molecule has 0 bridgehead atoms. The van der Waals surface area contributed by atoms with Gasteiger partial charge in [-0.25, -0.2) is 0 Å². The van der Waals surface area contributed by atoms with E-state index in [1.807, 2.05) is 0 Å². The molecule has 0 aromatic heterocycles. The van der Waals surface area contributed by atoms with Crippen LogP contribution in [-0.2, 0) is 13.6 Å². The molecule has 0 heterocycles. The number of rotatable bonds is 13. The van der Waals surface area contributed by atoms with Crippen molar-refractivity contribution < 1.29 is 13.6 Å². The van der Waals surface area contributed by atoms with Gasteiger partial charge in [0.15, 0.2) is 8.32 Å². The van der Waals surface area contributed by atoms with Crippen LogP contribution in [0.3, 0.4) is 0 Å². The molecule has 6 heteroatoms. The van der Waals surface area contributed by atoms with Crippen LogP contribution in [0.15, 0.2) is 0 Å². The van der Waals surface area contributed by atoms with Gasteiger partial charge in [-0.1, -0.05) is 20.8 Å². The van der Waals surface area contributed by atoms with E-state index < -0.39 is 16.6 Å². The fourth-order valence-electron chi connectivity index (χ4n) is 2.68. The smallest absolute Gasteiger partial charge is 0.293 e. The third-order valence-electron chi connectivity index (χ3n) is 4.44. The first-order valence-corrected chi connectivity index (χ1v) is 14.6. The average molecular weight is 348 g/mol. The van der Waals surface area contributed by atoms with Crippen LogP contribution in [0.4, 0.5) is 0 Å². The van der Waals surface area contributed by atoms with E-state index in [0.29, 0.717) is 6.42 Å². The van der Waals surface area contributed by atoms with Gasteiger partial charge in [-0.05, 0) is 57.2 Å². The van der Waals surface area contributed by atoms with E-state index in [0.717, 1.165) is 50.3 Å². The Hall–Kier alpha value is -0.176. The molecule has 0 rings (SSSR count). The van der Waals surface area contributed by atoms with E-state index in [1.165, 1.54) is 0 Å². The summed E-state index contributed by atoms with van der Waals surface area (Å²) in [5.74, 6) is -0.0197. The molecule has 0 saturated heterocycles. The van der Waals surface area contributed by atoms with Crippen LogP contribution in [0.25, 0.3) is 0 Å². The van der Waals surface area contributed by atoms with Crippen molar-refractivity contribution in [2.24, 2.45) is 0 Å². The van der Waals surface area contributed by atoms with Crippen LogP contribution >= 0.6 is 0 Å². The Morgan fingerprint density at radius 2 is 1.59 bits per heavy atom. The van der Waals surface area contributed by atoms with Crippen LogP contribution in [0, 0.1) is 0 Å². The number of carbonyl (C=O) groups is 1. The van der Waals surface area contributed by atoms with E-state index in [1.54, 1.807) is 0 Å². The van der Waals surface area contributed by atoms with Gasteiger partial charge in [0.25, 0.3) is 14.3 Å². The summed E-state index contributed by atoms with van der Waals surface area (Å²) in [7, 11) is -3.24. The highest BCUT2D eigenvalue weighted by Gasteiger charge is 2.32. The number of nitrogens with one attached hydrogen (secondary N) is 1. The molecule has 0 unspecified atom stereocenters. The number of carbonyl (C=O) groups excluding carboxylic acids is 1. The van der Waals surface area contributed by atoms with Crippen LogP contribution < -0.4 is 5.32 Å². The van der Waals surface area contributed by atoms with Gasteiger partial charge in [-0.3, -0.25) is 4.79 Å². The van der Waals surface area contributed by atoms with Gasteiger partial charge in [-0.15, -0.1) is 0 Å². The molecule has 0 atom stereocenters. The molecule has 132 valence electrons. The molecule has 0 fully saturated rings. The minimum atomic E-state index is -1.78. The molecule has 4 nitrogen and oxygen atoms in total. The Morgan fingerprint density at radius 3 is 2.09 bits per heavy atom. The lowest BCUT2D eigenvalue weighted by atomic mass is 10.4. The minimum Gasteiger partial charge on any atom is -0.519 e. The fraction of sp³-hybridized carbons (Fsp3) is 0.938. The maximum Gasteiger partial charge on any atom is 0.293 e. The molecular weight excluding hydrogens is 310 g/mol. The van der Waals surface area contributed by atoms with E-state index in [9.17, 15) is 4.79 Å². The van der Waals surface area contributed by atoms with E-state index in [2.05, 4.69) is 46.1 Å². The summed E-state index contributed by atoms with van der Waals surface area (Å²) >= 11 is 0. The summed E-state index contributed by atoms with van der Waals surface area (Å²) in [6.07, 6.45) is 1.60. The van der Waals surface area contributed by atoms with Gasteiger partial charge in [0.05, 0.1) is 6.42 Å². The molecule has 0 aromatic carbocycles. The molecule has 22 heavy (non-hydrogen) atoms. The van der Waals surface area contributed by atoms with Gasteiger partial charge in [0.2, 0.25) is 0 Å². The first-order chi connectivity index (χ1) is 10.3. The quantitative estimate of drug-likeness (QED) is 0.402. The Kier molecular flexibility index (Phi) is 11.3. The molecule has 0 radical (unpaired) electrons. The third kappa shape index (κ3) is 9.07. The van der Waals surface area contributed by atoms with Crippen LogP contribution in [0.1, 0.15) is 40.5 Å². The Labute approximate surface area is 139 Å². The Morgan fingerprint density at radius 1 is 1.00 bits per heavy atom. The normalized spacial score (nSPS) is 12.5. The zero-order chi connectivity index (χ0) is 17.1. The lowest BCUT2D eigenvalue weighted by Gasteiger charge is -2.27. The predicted molar refractivity (Wildman–Crippen MR) is 99.3 cm³/mol. The third-order valence-corrected chi connectivity index (χ3v) is 11.6. The van der Waals surface area contributed by atoms with Crippen molar-refractivity contribution in [2.45, 2.75) is 77.8 Å². The van der Waals surface area contributed by atoms with Crippen molar-refractivity contribution >= 4 is 22.6 Å². The molecular formula is C16H37NO3Si2. The predicted octanol–water partition coefficient (Wildman–Crippen LogP) is 4.15. The zero-order valence-electron chi connectivity index (χ0n) is 15.6. The monoisotopic (exact) mass is 347 g/mol. The minimum absolute atomic E-state index is 0.0197. The topological polar surface area (TPSA) is 47.6 Å². The number of hydrogen-bond donors (Lipinski definition) is 1. The fourth-order valence-corrected chi connectivity index (χ4v) is 7.15. The number of hydrogen-bond acceptors (Lipinski definition) is 4. The maximum atomic E-state index is 12.0. The van der Waals surface area contributed by atoms with E-state index in [-0.39, 0.29) is 5.97 Å². The van der Waals surface area contributed by atoms with Crippen molar-refractivity contribution in [2.75, 3.05) is 19.7 Å². The van der Waals surface area contributed by atoms with Crippen molar-refractivity contribution in [1.82, 2.24) is 5.32 Å². The zero-order valence-corrected chi connectivity index (χ0v) is 17.6. The van der Waals surface area contributed by atoms with Crippen LogP contribution in [-0.4, -0.2) is 42.3 Å². The summed E-state index contributed by atoms with van der Waals surface area (Å²) in [5.41, 5.74) is 0. The average Bonchev–Trinajstić information content (AvgIpc) is 2.48. The molecule has 0 aliphatic heterocycles. The highest BCUT2D eigenvalue weighted by molar-refractivity contribution is 6.74. The van der Waals surface area contributed by atoms with Crippen LogP contribution in [0.5, 0.6) is 0 Å². The van der Waals surface area contributed by atoms with E-state index in [4.69, 9.17) is 8.85 Å². The SMILES string of the molecule is CCO[Si](C)(C)CCCNCCC(=O)O[Si](CC)(CC)CC. The van der Waals surface area contributed by atoms with Crippen molar-refractivity contribution in [3.63, 3.8) is 0 Å². The lowest BCUT2D eigenvalue weighted by molar-refractivity contribution is -0.135. The van der Waals surface area contributed by atoms with Crippen molar-refractivity contribution in [3.8, 4) is 0 Å². The highest BCUT2D eigenvalue weighted by atomic mass is 28.4. The van der Waals surface area contributed by atoms with Crippen LogP contribution in [0.2, 0.25) is 37.3 Å². The van der Waals surface area contributed by atoms with E-state index >= 15 is 0 Å².